The number of nitrogens with zero attached hydrogens (tertiary/aromatic N) is 4. The van der Waals surface area contributed by atoms with E-state index in [0.29, 0.717) is 0 Å². The number of para-hydroxylation sites is 6. The van der Waals surface area contributed by atoms with Crippen molar-refractivity contribution in [3.05, 3.63) is 188 Å². The Kier molecular flexibility index (Phi) is 6.53. The molecule has 4 nitrogen and oxygen atoms in total. The van der Waals surface area contributed by atoms with Crippen LogP contribution in [0.4, 0.5) is 34.1 Å². The lowest BCUT2D eigenvalue weighted by molar-refractivity contribution is -0.617. The zero-order chi connectivity index (χ0) is 37.1. The van der Waals surface area contributed by atoms with Gasteiger partial charge in [0.2, 0.25) is 0 Å². The van der Waals surface area contributed by atoms with Crippen LogP contribution in [-0.2, 0) is 7.05 Å². The third-order valence-electron chi connectivity index (χ3n) is 12.3. The molecule has 0 aliphatic carbocycles. The average Bonchev–Trinajstić information content (AvgIpc) is 3.56. The topological polar surface area (TPSA) is 14.8 Å². The largest absolute Gasteiger partial charge is 0.311 e. The maximum Gasteiger partial charge on any atom is 0.295 e. The molecule has 12 rings (SSSR count). The zero-order valence-electron chi connectivity index (χ0n) is 31.2. The van der Waals surface area contributed by atoms with E-state index in [0.717, 1.165) is 11.4 Å². The molecule has 2 aliphatic rings. The highest BCUT2D eigenvalue weighted by atomic mass is 15.2. The zero-order valence-corrected chi connectivity index (χ0v) is 31.2. The van der Waals surface area contributed by atoms with Gasteiger partial charge in [0.25, 0.3) is 12.4 Å². The molecule has 0 saturated carbocycles. The summed E-state index contributed by atoms with van der Waals surface area (Å²) in [4.78, 5) is 4.99. The first kappa shape index (κ1) is 31.3. The van der Waals surface area contributed by atoms with E-state index in [1.807, 2.05) is 0 Å². The molecule has 0 spiro atoms. The van der Waals surface area contributed by atoms with Gasteiger partial charge in [-0.25, -0.2) is 4.57 Å². The molecule has 0 fully saturated rings. The molecule has 0 N–H and O–H groups in total. The van der Waals surface area contributed by atoms with E-state index in [2.05, 4.69) is 215 Å². The number of imidazole rings is 1. The van der Waals surface area contributed by atoms with Gasteiger partial charge in [-0.15, -0.1) is 0 Å². The Morgan fingerprint density at radius 2 is 1.05 bits per heavy atom. The summed E-state index contributed by atoms with van der Waals surface area (Å²) in [7, 11) is 2.23. The quantitative estimate of drug-likeness (QED) is 0.103. The number of anilines is 6. The minimum absolute atomic E-state index is 0.0716. The smallest absolute Gasteiger partial charge is 0.295 e. The van der Waals surface area contributed by atoms with Crippen LogP contribution in [0, 0.1) is 6.92 Å². The molecule has 0 saturated heterocycles. The molecule has 4 heterocycles. The first-order valence-corrected chi connectivity index (χ1v) is 19.5. The van der Waals surface area contributed by atoms with Crippen molar-refractivity contribution in [3.8, 4) is 11.1 Å². The van der Waals surface area contributed by atoms with Crippen LogP contribution < -0.4 is 30.8 Å². The average molecular weight is 716 g/mol. The highest BCUT2D eigenvalue weighted by molar-refractivity contribution is 7.00. The Bertz CT molecular complexity index is 3130. The summed E-state index contributed by atoms with van der Waals surface area (Å²) in [5.74, 6) is 0. The molecule has 0 bridgehead atoms. The highest BCUT2D eigenvalue weighted by Gasteiger charge is 2.43. The van der Waals surface area contributed by atoms with Crippen molar-refractivity contribution >= 4 is 95.6 Å². The normalized spacial score (nSPS) is 13.1. The van der Waals surface area contributed by atoms with Crippen molar-refractivity contribution in [3.63, 3.8) is 0 Å². The molecule has 8 aromatic carbocycles. The molecule has 10 aromatic rings. The summed E-state index contributed by atoms with van der Waals surface area (Å²) >= 11 is 0. The molecular weight excluding hydrogens is 679 g/mol. The number of pyridine rings is 1. The van der Waals surface area contributed by atoms with Crippen LogP contribution in [0.5, 0.6) is 0 Å². The van der Waals surface area contributed by atoms with Crippen LogP contribution in [-0.4, -0.2) is 11.1 Å². The van der Waals surface area contributed by atoms with Crippen molar-refractivity contribution in [2.75, 3.05) is 9.80 Å². The molecule has 5 heteroatoms. The summed E-state index contributed by atoms with van der Waals surface area (Å²) in [5.41, 5.74) is 19.6. The van der Waals surface area contributed by atoms with Crippen molar-refractivity contribution in [1.29, 1.82) is 0 Å². The van der Waals surface area contributed by atoms with E-state index in [1.54, 1.807) is 0 Å². The maximum atomic E-state index is 2.53. The molecule has 2 aromatic heterocycles. The monoisotopic (exact) mass is 715 g/mol. The Balaban J connectivity index is 1.25. The fraction of sp³-hybridized carbons (Fsp3) is 0.0392. The summed E-state index contributed by atoms with van der Waals surface area (Å²) in [6.07, 6.45) is 0. The molecule has 262 valence electrons. The summed E-state index contributed by atoms with van der Waals surface area (Å²) < 4.78 is 4.93. The number of benzene rings is 8. The van der Waals surface area contributed by atoms with Crippen LogP contribution in [0.15, 0.2) is 182 Å². The van der Waals surface area contributed by atoms with Crippen molar-refractivity contribution in [1.82, 2.24) is 4.40 Å². The van der Waals surface area contributed by atoms with Gasteiger partial charge in [-0.05, 0) is 101 Å². The molecule has 2 aliphatic heterocycles. The molecular formula is C51H36BN4+. The maximum absolute atomic E-state index is 2.53. The van der Waals surface area contributed by atoms with Gasteiger partial charge in [0.15, 0.2) is 11.0 Å². The lowest BCUT2D eigenvalue weighted by atomic mass is 9.33. The van der Waals surface area contributed by atoms with Crippen LogP contribution in [0.2, 0.25) is 0 Å². The molecule has 0 unspecified atom stereocenters. The molecule has 56 heavy (non-hydrogen) atoms. The molecule has 0 amide bonds. The third kappa shape index (κ3) is 4.17. The number of rotatable bonds is 3. The van der Waals surface area contributed by atoms with Gasteiger partial charge in [0, 0.05) is 50.5 Å². The lowest BCUT2D eigenvalue weighted by Gasteiger charge is -2.44. The standard InChI is InChI=1S/C51H36BN4/c1-33-17-15-24-39-38-22-9-12-27-42(38)56-50-37(23-16-30-45(50)53(2)51(56)48(33)39)34-31-46-49-47(32-34)55(36-20-7-4-8-21-36)44-29-14-11-26-41(44)52(49)40-25-10-13-28-43(40)54(46)35-18-5-3-6-19-35/h3-32H,1-2H3/q+1. The predicted octanol–water partition coefficient (Wildman–Crippen LogP) is 10.3. The van der Waals surface area contributed by atoms with Crippen LogP contribution in [0.1, 0.15) is 5.56 Å². The number of hydrogen-bond donors (Lipinski definition) is 0. The van der Waals surface area contributed by atoms with E-state index in [9.17, 15) is 0 Å². The highest BCUT2D eigenvalue weighted by Crippen LogP contribution is 2.47. The fourth-order valence-electron chi connectivity index (χ4n) is 10.0. The Labute approximate surface area is 325 Å². The van der Waals surface area contributed by atoms with E-state index in [-0.39, 0.29) is 6.71 Å². The second-order valence-corrected chi connectivity index (χ2v) is 15.2. The summed E-state index contributed by atoms with van der Waals surface area (Å²) in [5, 5.41) is 3.83. The Morgan fingerprint density at radius 3 is 1.71 bits per heavy atom. The fourth-order valence-corrected chi connectivity index (χ4v) is 10.0. The first-order chi connectivity index (χ1) is 27.7. The number of hydrogen-bond acceptors (Lipinski definition) is 2. The van der Waals surface area contributed by atoms with Gasteiger partial charge in [-0.3, -0.25) is 0 Å². The van der Waals surface area contributed by atoms with Gasteiger partial charge < -0.3 is 9.80 Å². The van der Waals surface area contributed by atoms with E-state index in [1.165, 1.54) is 94.2 Å². The van der Waals surface area contributed by atoms with Crippen molar-refractivity contribution in [2.24, 2.45) is 7.05 Å². The molecule has 0 atom stereocenters. The van der Waals surface area contributed by atoms with Crippen LogP contribution in [0.25, 0.3) is 49.5 Å². The third-order valence-corrected chi connectivity index (χ3v) is 12.3. The summed E-state index contributed by atoms with van der Waals surface area (Å²) in [6, 6.07) is 67.1. The number of aromatic nitrogens is 2. The minimum atomic E-state index is 0.0716. The Hall–Kier alpha value is -7.11. The first-order valence-electron chi connectivity index (χ1n) is 19.5. The number of aryl methyl sites for hydroxylation is 2. The van der Waals surface area contributed by atoms with Gasteiger partial charge in [-0.1, -0.05) is 115 Å². The van der Waals surface area contributed by atoms with Gasteiger partial charge in [-0.2, -0.15) is 4.40 Å². The Morgan fingerprint density at radius 1 is 0.500 bits per heavy atom. The minimum Gasteiger partial charge on any atom is -0.311 e. The SMILES string of the molecule is Cc1cccc2c3ccccc3n3c4c(-c5cc6c7c(c5)N(c5ccccc5)c5ccccc5B7c5ccccc5N6c5ccccc5)cccc4[n+](C)c3c12. The predicted molar refractivity (Wildman–Crippen MR) is 235 cm³/mol. The van der Waals surface area contributed by atoms with Gasteiger partial charge in [0.1, 0.15) is 5.52 Å². The van der Waals surface area contributed by atoms with Gasteiger partial charge >= 0.3 is 0 Å². The van der Waals surface area contributed by atoms with E-state index < -0.39 is 0 Å². The van der Waals surface area contributed by atoms with Gasteiger partial charge in [0.05, 0.1) is 12.4 Å². The van der Waals surface area contributed by atoms with Crippen LogP contribution in [0.3, 0.4) is 0 Å². The van der Waals surface area contributed by atoms with E-state index in [4.69, 9.17) is 0 Å². The van der Waals surface area contributed by atoms with Crippen molar-refractivity contribution < 1.29 is 4.57 Å². The van der Waals surface area contributed by atoms with Crippen molar-refractivity contribution in [2.45, 2.75) is 6.92 Å². The summed E-state index contributed by atoms with van der Waals surface area (Å²) in [6.45, 7) is 2.31. The number of fused-ring (bicyclic) bond motifs is 12. The lowest BCUT2D eigenvalue weighted by Crippen LogP contribution is -2.61. The van der Waals surface area contributed by atoms with Crippen LogP contribution >= 0.6 is 0 Å². The second kappa shape index (κ2) is 11.7. The molecule has 0 radical (unpaired) electrons. The van der Waals surface area contributed by atoms with E-state index >= 15 is 0 Å². The second-order valence-electron chi connectivity index (χ2n) is 15.2.